The molecule has 6 nitrogen and oxygen atoms in total. The molecule has 1 amide bonds. The van der Waals surface area contributed by atoms with Crippen LogP contribution in [0.2, 0.25) is 4.34 Å². The van der Waals surface area contributed by atoms with Crippen molar-refractivity contribution in [2.24, 2.45) is 0 Å². The minimum Gasteiger partial charge on any atom is -0.339 e. The molecule has 3 rings (SSSR count). The van der Waals surface area contributed by atoms with Crippen molar-refractivity contribution >= 4 is 38.9 Å². The van der Waals surface area contributed by atoms with Crippen molar-refractivity contribution in [3.8, 4) is 0 Å². The second kappa shape index (κ2) is 9.74. The lowest BCUT2D eigenvalue weighted by atomic mass is 10.1. The third-order valence-corrected chi connectivity index (χ3v) is 8.98. The molecule has 2 aromatic rings. The SMILES string of the molecule is CCN(CC(=O)N1CCN(S(=O)(=O)c2ccc(Cl)s2)CC1)C(C)c1ccc(F)cc1. The van der Waals surface area contributed by atoms with E-state index in [4.69, 9.17) is 11.6 Å². The van der Waals surface area contributed by atoms with E-state index in [0.717, 1.165) is 16.9 Å². The van der Waals surface area contributed by atoms with Gasteiger partial charge in [0.2, 0.25) is 5.91 Å². The van der Waals surface area contributed by atoms with E-state index < -0.39 is 10.0 Å². The number of benzene rings is 1. The molecule has 0 N–H and O–H groups in total. The lowest BCUT2D eigenvalue weighted by Crippen LogP contribution is -2.52. The second-order valence-corrected chi connectivity index (χ2v) is 11.0. The van der Waals surface area contributed by atoms with Gasteiger partial charge in [0.1, 0.15) is 10.0 Å². The molecule has 1 fully saturated rings. The first-order chi connectivity index (χ1) is 14.2. The van der Waals surface area contributed by atoms with Crippen molar-refractivity contribution in [2.75, 3.05) is 39.3 Å². The summed E-state index contributed by atoms with van der Waals surface area (Å²) in [7, 11) is -3.58. The van der Waals surface area contributed by atoms with Crippen LogP contribution < -0.4 is 0 Å². The van der Waals surface area contributed by atoms with Gasteiger partial charge in [-0.1, -0.05) is 30.7 Å². The van der Waals surface area contributed by atoms with E-state index in [0.29, 0.717) is 24.0 Å². The van der Waals surface area contributed by atoms with Crippen LogP contribution in [-0.4, -0.2) is 67.7 Å². The van der Waals surface area contributed by atoms with Crippen LogP contribution in [0.25, 0.3) is 0 Å². The number of carbonyl (C=O) groups is 1. The lowest BCUT2D eigenvalue weighted by molar-refractivity contribution is -0.134. The molecule has 1 aromatic heterocycles. The smallest absolute Gasteiger partial charge is 0.252 e. The number of rotatable bonds is 7. The number of thiophene rings is 1. The first-order valence-electron chi connectivity index (χ1n) is 9.75. The number of sulfonamides is 1. The largest absolute Gasteiger partial charge is 0.339 e. The van der Waals surface area contributed by atoms with E-state index in [9.17, 15) is 17.6 Å². The monoisotopic (exact) mass is 473 g/mol. The van der Waals surface area contributed by atoms with Crippen molar-refractivity contribution in [1.82, 2.24) is 14.1 Å². The average Bonchev–Trinajstić information content (AvgIpc) is 3.19. The molecule has 10 heteroatoms. The maximum Gasteiger partial charge on any atom is 0.252 e. The highest BCUT2D eigenvalue weighted by atomic mass is 35.5. The Morgan fingerprint density at radius 2 is 1.80 bits per heavy atom. The summed E-state index contributed by atoms with van der Waals surface area (Å²) in [5.74, 6) is -0.329. The molecule has 0 saturated carbocycles. The van der Waals surface area contributed by atoms with Gasteiger partial charge in [-0.25, -0.2) is 12.8 Å². The van der Waals surface area contributed by atoms with Gasteiger partial charge in [0.25, 0.3) is 10.0 Å². The van der Waals surface area contributed by atoms with Gasteiger partial charge in [-0.05, 0) is 43.3 Å². The summed E-state index contributed by atoms with van der Waals surface area (Å²) in [5, 5.41) is 0. The summed E-state index contributed by atoms with van der Waals surface area (Å²) in [6, 6.07) is 9.34. The summed E-state index contributed by atoms with van der Waals surface area (Å²) in [6.45, 7) is 6.05. The molecule has 1 unspecified atom stereocenters. The van der Waals surface area contributed by atoms with Gasteiger partial charge in [-0.15, -0.1) is 11.3 Å². The van der Waals surface area contributed by atoms with Crippen LogP contribution >= 0.6 is 22.9 Å². The summed E-state index contributed by atoms with van der Waals surface area (Å²) in [5.41, 5.74) is 0.941. The zero-order chi connectivity index (χ0) is 21.9. The van der Waals surface area contributed by atoms with Crippen molar-refractivity contribution in [3.05, 3.63) is 52.1 Å². The lowest BCUT2D eigenvalue weighted by Gasteiger charge is -2.36. The molecule has 0 radical (unpaired) electrons. The molecule has 0 bridgehead atoms. The Hall–Kier alpha value is -1.52. The maximum absolute atomic E-state index is 13.2. The van der Waals surface area contributed by atoms with Crippen LogP contribution in [-0.2, 0) is 14.8 Å². The van der Waals surface area contributed by atoms with Gasteiger partial charge in [-0.2, -0.15) is 4.31 Å². The highest BCUT2D eigenvalue weighted by Crippen LogP contribution is 2.28. The van der Waals surface area contributed by atoms with Crippen molar-refractivity contribution < 1.29 is 17.6 Å². The first-order valence-corrected chi connectivity index (χ1v) is 12.4. The highest BCUT2D eigenvalue weighted by Gasteiger charge is 2.31. The molecule has 0 spiro atoms. The molecule has 30 heavy (non-hydrogen) atoms. The van der Waals surface area contributed by atoms with E-state index in [1.807, 2.05) is 18.7 Å². The number of nitrogens with zero attached hydrogens (tertiary/aromatic N) is 3. The predicted molar refractivity (Wildman–Crippen MR) is 117 cm³/mol. The number of hydrogen-bond donors (Lipinski definition) is 0. The topological polar surface area (TPSA) is 60.9 Å². The molecular weight excluding hydrogens is 449 g/mol. The Kier molecular flexibility index (Phi) is 7.52. The maximum atomic E-state index is 13.2. The van der Waals surface area contributed by atoms with E-state index in [-0.39, 0.29) is 41.6 Å². The molecule has 1 aliphatic heterocycles. The molecule has 164 valence electrons. The Bertz CT molecular complexity index is 973. The summed E-state index contributed by atoms with van der Waals surface area (Å²) in [6.07, 6.45) is 0. The van der Waals surface area contributed by atoms with E-state index >= 15 is 0 Å². The molecule has 1 atom stereocenters. The van der Waals surface area contributed by atoms with Gasteiger partial charge < -0.3 is 4.90 Å². The number of halogens is 2. The fraction of sp³-hybridized carbons (Fsp3) is 0.450. The summed E-state index contributed by atoms with van der Waals surface area (Å²) >= 11 is 6.90. The van der Waals surface area contributed by atoms with E-state index in [1.54, 1.807) is 23.1 Å². The minimum atomic E-state index is -3.58. The van der Waals surface area contributed by atoms with Crippen LogP contribution in [0.15, 0.2) is 40.6 Å². The second-order valence-electron chi connectivity index (χ2n) is 7.13. The Labute approximate surface area is 185 Å². The number of piperazine rings is 1. The standard InChI is InChI=1S/C20H25ClFN3O3S2/c1-3-23(15(2)16-4-6-17(22)7-5-16)14-19(26)24-10-12-25(13-11-24)30(27,28)20-9-8-18(21)29-20/h4-9,15H,3,10-14H2,1-2H3. The molecule has 1 aromatic carbocycles. The van der Waals surface area contributed by atoms with Gasteiger partial charge in [0.15, 0.2) is 0 Å². The van der Waals surface area contributed by atoms with Crippen molar-refractivity contribution in [1.29, 1.82) is 0 Å². The van der Waals surface area contributed by atoms with E-state index in [1.165, 1.54) is 22.5 Å². The van der Waals surface area contributed by atoms with Gasteiger partial charge in [0.05, 0.1) is 10.9 Å². The normalized spacial score (nSPS) is 16.8. The zero-order valence-electron chi connectivity index (χ0n) is 16.9. The molecule has 2 heterocycles. The van der Waals surface area contributed by atoms with Crippen molar-refractivity contribution in [2.45, 2.75) is 24.1 Å². The van der Waals surface area contributed by atoms with Crippen LogP contribution in [0.3, 0.4) is 0 Å². The molecule has 1 saturated heterocycles. The minimum absolute atomic E-state index is 0.0372. The fourth-order valence-electron chi connectivity index (χ4n) is 3.49. The van der Waals surface area contributed by atoms with Gasteiger partial charge in [0, 0.05) is 32.2 Å². The zero-order valence-corrected chi connectivity index (χ0v) is 19.3. The average molecular weight is 474 g/mol. The number of likely N-dealkylation sites (N-methyl/N-ethyl adjacent to an activating group) is 1. The summed E-state index contributed by atoms with van der Waals surface area (Å²) in [4.78, 5) is 16.5. The number of hydrogen-bond acceptors (Lipinski definition) is 5. The summed E-state index contributed by atoms with van der Waals surface area (Å²) < 4.78 is 40.7. The number of amides is 1. The fourth-order valence-corrected chi connectivity index (χ4v) is 6.55. The molecule has 0 aliphatic carbocycles. The van der Waals surface area contributed by atoms with Gasteiger partial charge >= 0.3 is 0 Å². The third kappa shape index (κ3) is 5.20. The number of carbonyl (C=O) groups excluding carboxylic acids is 1. The third-order valence-electron chi connectivity index (χ3n) is 5.38. The highest BCUT2D eigenvalue weighted by molar-refractivity contribution is 7.91. The first kappa shape index (κ1) is 23.1. The van der Waals surface area contributed by atoms with E-state index in [2.05, 4.69) is 0 Å². The quantitative estimate of drug-likeness (QED) is 0.618. The van der Waals surface area contributed by atoms with Crippen LogP contribution in [0.1, 0.15) is 25.5 Å². The van der Waals surface area contributed by atoms with Crippen LogP contribution in [0, 0.1) is 5.82 Å². The van der Waals surface area contributed by atoms with Gasteiger partial charge in [-0.3, -0.25) is 9.69 Å². The Morgan fingerprint density at radius 1 is 1.17 bits per heavy atom. The predicted octanol–water partition coefficient (Wildman–Crippen LogP) is 3.46. The van der Waals surface area contributed by atoms with Crippen LogP contribution in [0.5, 0.6) is 0 Å². The Morgan fingerprint density at radius 3 is 2.33 bits per heavy atom. The Balaban J connectivity index is 1.58. The van der Waals surface area contributed by atoms with Crippen molar-refractivity contribution in [3.63, 3.8) is 0 Å². The van der Waals surface area contributed by atoms with Crippen LogP contribution in [0.4, 0.5) is 4.39 Å². The molecule has 1 aliphatic rings. The molecular formula is C20H25ClFN3O3S2.